The second kappa shape index (κ2) is 7.17. The largest absolute Gasteiger partial charge is 0.338 e. The van der Waals surface area contributed by atoms with Gasteiger partial charge in [0.1, 0.15) is 0 Å². The van der Waals surface area contributed by atoms with Crippen LogP contribution in [0.4, 0.5) is 0 Å². The molecule has 1 rings (SSSR count). The molecule has 0 aliphatic heterocycles. The first-order valence-corrected chi connectivity index (χ1v) is 6.56. The number of nitrogens with two attached hydrogens (primary N) is 1. The number of carbonyl (C=O) groups is 1. The zero-order chi connectivity index (χ0) is 13.5. The van der Waals surface area contributed by atoms with E-state index in [9.17, 15) is 4.79 Å². The second-order valence-corrected chi connectivity index (χ2v) is 5.20. The van der Waals surface area contributed by atoms with Crippen LogP contribution < -0.4 is 5.73 Å². The lowest BCUT2D eigenvalue weighted by Gasteiger charge is -2.24. The van der Waals surface area contributed by atoms with Gasteiger partial charge in [0.2, 0.25) is 5.91 Å². The molecule has 0 heterocycles. The number of aryl methyl sites for hydroxylation is 1. The lowest BCUT2D eigenvalue weighted by atomic mass is 10.1. The summed E-state index contributed by atoms with van der Waals surface area (Å²) in [6.45, 7) is 8.20. The van der Waals surface area contributed by atoms with E-state index < -0.39 is 0 Å². The average molecular weight is 248 g/mol. The van der Waals surface area contributed by atoms with Crippen molar-refractivity contribution in [3.05, 3.63) is 35.4 Å². The number of hydrogen-bond donors (Lipinski definition) is 1. The molecular weight excluding hydrogens is 224 g/mol. The van der Waals surface area contributed by atoms with Crippen molar-refractivity contribution in [2.45, 2.75) is 33.7 Å². The zero-order valence-electron chi connectivity index (χ0n) is 11.6. The summed E-state index contributed by atoms with van der Waals surface area (Å²) in [5, 5.41) is 0. The van der Waals surface area contributed by atoms with E-state index in [0.29, 0.717) is 25.4 Å². The Labute approximate surface area is 110 Å². The summed E-state index contributed by atoms with van der Waals surface area (Å²) in [5.74, 6) is 0.615. The molecule has 18 heavy (non-hydrogen) atoms. The van der Waals surface area contributed by atoms with Crippen molar-refractivity contribution >= 4 is 5.91 Å². The minimum Gasteiger partial charge on any atom is -0.338 e. The van der Waals surface area contributed by atoms with Crippen LogP contribution in [-0.4, -0.2) is 23.9 Å². The van der Waals surface area contributed by atoms with Gasteiger partial charge in [0.25, 0.3) is 0 Å². The average Bonchev–Trinajstić information content (AvgIpc) is 2.28. The Morgan fingerprint density at radius 2 is 2.11 bits per heavy atom. The monoisotopic (exact) mass is 248 g/mol. The van der Waals surface area contributed by atoms with Gasteiger partial charge >= 0.3 is 0 Å². The van der Waals surface area contributed by atoms with Crippen molar-refractivity contribution in [2.24, 2.45) is 11.7 Å². The molecule has 0 saturated heterocycles. The predicted molar refractivity (Wildman–Crippen MR) is 75.1 cm³/mol. The van der Waals surface area contributed by atoms with Gasteiger partial charge in [-0.15, -0.1) is 0 Å². The van der Waals surface area contributed by atoms with Gasteiger partial charge in [0, 0.05) is 26.1 Å². The summed E-state index contributed by atoms with van der Waals surface area (Å²) in [5.41, 5.74) is 7.87. The molecule has 1 amide bonds. The zero-order valence-corrected chi connectivity index (χ0v) is 11.6. The molecule has 100 valence electrons. The van der Waals surface area contributed by atoms with E-state index >= 15 is 0 Å². The fourth-order valence-corrected chi connectivity index (χ4v) is 2.01. The van der Waals surface area contributed by atoms with E-state index in [2.05, 4.69) is 39.0 Å². The minimum absolute atomic E-state index is 0.146. The van der Waals surface area contributed by atoms with E-state index in [4.69, 9.17) is 5.73 Å². The van der Waals surface area contributed by atoms with Gasteiger partial charge in [0.05, 0.1) is 0 Å². The van der Waals surface area contributed by atoms with Crippen LogP contribution in [0, 0.1) is 12.8 Å². The lowest BCUT2D eigenvalue weighted by molar-refractivity contribution is -0.132. The van der Waals surface area contributed by atoms with Gasteiger partial charge in [-0.2, -0.15) is 0 Å². The lowest BCUT2D eigenvalue weighted by Crippen LogP contribution is -2.34. The Bertz CT molecular complexity index is 388. The van der Waals surface area contributed by atoms with E-state index in [1.807, 2.05) is 11.0 Å². The number of rotatable bonds is 6. The van der Waals surface area contributed by atoms with Crippen LogP contribution in [0.25, 0.3) is 0 Å². The summed E-state index contributed by atoms with van der Waals surface area (Å²) in [7, 11) is 0. The maximum Gasteiger partial charge on any atom is 0.224 e. The van der Waals surface area contributed by atoms with E-state index in [-0.39, 0.29) is 5.91 Å². The first-order valence-electron chi connectivity index (χ1n) is 6.56. The molecule has 0 aliphatic carbocycles. The Morgan fingerprint density at radius 1 is 1.39 bits per heavy atom. The summed E-state index contributed by atoms with van der Waals surface area (Å²) < 4.78 is 0. The van der Waals surface area contributed by atoms with Gasteiger partial charge in [-0.3, -0.25) is 4.79 Å². The maximum absolute atomic E-state index is 12.0. The van der Waals surface area contributed by atoms with Crippen molar-refractivity contribution in [3.63, 3.8) is 0 Å². The molecule has 0 aliphatic rings. The third-order valence-electron chi connectivity index (χ3n) is 2.75. The first kappa shape index (κ1) is 14.7. The van der Waals surface area contributed by atoms with Crippen LogP contribution in [0.2, 0.25) is 0 Å². The molecule has 0 radical (unpaired) electrons. The summed E-state index contributed by atoms with van der Waals surface area (Å²) in [4.78, 5) is 13.9. The fourth-order valence-electron chi connectivity index (χ4n) is 2.01. The van der Waals surface area contributed by atoms with Gasteiger partial charge < -0.3 is 10.6 Å². The van der Waals surface area contributed by atoms with Crippen molar-refractivity contribution in [2.75, 3.05) is 13.1 Å². The SMILES string of the molecule is Cc1cccc(CN(CC(C)C)C(=O)CCN)c1. The molecule has 2 N–H and O–H groups in total. The fraction of sp³-hybridized carbons (Fsp3) is 0.533. The molecule has 0 saturated carbocycles. The van der Waals surface area contributed by atoms with Gasteiger partial charge in [0.15, 0.2) is 0 Å². The molecule has 0 spiro atoms. The topological polar surface area (TPSA) is 46.3 Å². The highest BCUT2D eigenvalue weighted by atomic mass is 16.2. The highest BCUT2D eigenvalue weighted by molar-refractivity contribution is 5.76. The molecular formula is C15H24N2O. The Morgan fingerprint density at radius 3 is 2.67 bits per heavy atom. The molecule has 0 atom stereocenters. The molecule has 1 aromatic carbocycles. The Balaban J connectivity index is 2.74. The van der Waals surface area contributed by atoms with Crippen molar-refractivity contribution in [3.8, 4) is 0 Å². The predicted octanol–water partition coefficient (Wildman–Crippen LogP) is 2.33. The van der Waals surface area contributed by atoms with E-state index in [1.54, 1.807) is 0 Å². The highest BCUT2D eigenvalue weighted by Gasteiger charge is 2.14. The standard InChI is InChI=1S/C15H24N2O/c1-12(2)10-17(15(18)7-8-16)11-14-6-4-5-13(3)9-14/h4-6,9,12H,7-8,10-11,16H2,1-3H3. The molecule has 3 heteroatoms. The summed E-state index contributed by atoms with van der Waals surface area (Å²) >= 11 is 0. The Hall–Kier alpha value is -1.35. The summed E-state index contributed by atoms with van der Waals surface area (Å²) in [6, 6.07) is 8.29. The molecule has 0 unspecified atom stereocenters. The molecule has 0 aromatic heterocycles. The van der Waals surface area contributed by atoms with Crippen LogP contribution in [0.3, 0.4) is 0 Å². The number of amides is 1. The van der Waals surface area contributed by atoms with Gasteiger partial charge in [-0.25, -0.2) is 0 Å². The van der Waals surface area contributed by atoms with Crippen molar-refractivity contribution in [1.29, 1.82) is 0 Å². The van der Waals surface area contributed by atoms with Crippen molar-refractivity contribution in [1.82, 2.24) is 4.90 Å². The Kier molecular flexibility index (Phi) is 5.86. The second-order valence-electron chi connectivity index (χ2n) is 5.20. The molecule has 0 bridgehead atoms. The molecule has 3 nitrogen and oxygen atoms in total. The molecule has 0 fully saturated rings. The summed E-state index contributed by atoms with van der Waals surface area (Å²) in [6.07, 6.45) is 0.429. The van der Waals surface area contributed by atoms with Crippen molar-refractivity contribution < 1.29 is 4.79 Å². The van der Waals surface area contributed by atoms with E-state index in [1.165, 1.54) is 11.1 Å². The maximum atomic E-state index is 12.0. The van der Waals surface area contributed by atoms with Crippen LogP contribution in [0.1, 0.15) is 31.4 Å². The number of hydrogen-bond acceptors (Lipinski definition) is 2. The quantitative estimate of drug-likeness (QED) is 0.840. The normalized spacial score (nSPS) is 10.7. The van der Waals surface area contributed by atoms with Crippen LogP contribution in [0.15, 0.2) is 24.3 Å². The van der Waals surface area contributed by atoms with E-state index in [0.717, 1.165) is 6.54 Å². The highest BCUT2D eigenvalue weighted by Crippen LogP contribution is 2.10. The number of nitrogens with zero attached hydrogens (tertiary/aromatic N) is 1. The third-order valence-corrected chi connectivity index (χ3v) is 2.75. The first-order chi connectivity index (χ1) is 8.52. The number of benzene rings is 1. The van der Waals surface area contributed by atoms with Crippen LogP contribution >= 0.6 is 0 Å². The van der Waals surface area contributed by atoms with Gasteiger partial charge in [-0.1, -0.05) is 43.7 Å². The smallest absolute Gasteiger partial charge is 0.224 e. The molecule has 1 aromatic rings. The minimum atomic E-state index is 0.146. The van der Waals surface area contributed by atoms with Crippen LogP contribution in [-0.2, 0) is 11.3 Å². The van der Waals surface area contributed by atoms with Crippen LogP contribution in [0.5, 0.6) is 0 Å². The van der Waals surface area contributed by atoms with Gasteiger partial charge in [-0.05, 0) is 18.4 Å². The number of carbonyl (C=O) groups excluding carboxylic acids is 1. The third kappa shape index (κ3) is 4.88.